The zero-order valence-electron chi connectivity index (χ0n) is 22.1. The van der Waals surface area contributed by atoms with E-state index in [1.807, 2.05) is 11.3 Å². The van der Waals surface area contributed by atoms with Gasteiger partial charge in [-0.25, -0.2) is 35.5 Å². The van der Waals surface area contributed by atoms with Gasteiger partial charge in [0, 0.05) is 24.6 Å². The molecule has 2 aliphatic rings. The van der Waals surface area contributed by atoms with Gasteiger partial charge in [-0.05, 0) is 56.7 Å². The standard InChI is InChI=1S/C28H33N5O4S2/c1-4-6-24-26-17-29-28-25(13-14-32(28)39(36,37)22-9-7-18(3)8-10-22)33(26)27(30-24)23-16-20(15-19(23)5-2)31-38(34,35)21-11-12-21/h4,7-10,13-14,17,19-21,23,31H,1,5-6,11-12,15-16H2,2-3H3/t19-,20+,23+/m1/s1. The molecule has 1 aromatic carbocycles. The molecule has 39 heavy (non-hydrogen) atoms. The number of hydrogen-bond donors (Lipinski definition) is 1. The summed E-state index contributed by atoms with van der Waals surface area (Å²) in [6, 6.07) is 8.38. The van der Waals surface area contributed by atoms with Crippen molar-refractivity contribution in [3.8, 4) is 0 Å². The SMILES string of the molecule is C=CCc1nc([C@H]2C[C@@H](NS(=O)(=O)C3CC3)C[C@H]2CC)n2c1cnc1c2ccn1S(=O)(=O)c1ccc(C)cc1. The van der Waals surface area contributed by atoms with Crippen molar-refractivity contribution in [2.24, 2.45) is 5.92 Å². The van der Waals surface area contributed by atoms with Gasteiger partial charge in [-0.2, -0.15) is 0 Å². The minimum Gasteiger partial charge on any atom is -0.291 e. The first-order valence-corrected chi connectivity index (χ1v) is 16.4. The molecule has 0 radical (unpaired) electrons. The Bertz CT molecular complexity index is 1780. The molecule has 0 spiro atoms. The second kappa shape index (κ2) is 9.57. The van der Waals surface area contributed by atoms with E-state index >= 15 is 0 Å². The van der Waals surface area contributed by atoms with Crippen molar-refractivity contribution in [2.75, 3.05) is 0 Å². The van der Waals surface area contributed by atoms with Crippen LogP contribution in [0.2, 0.25) is 0 Å². The molecule has 0 bridgehead atoms. The van der Waals surface area contributed by atoms with Crippen molar-refractivity contribution < 1.29 is 16.8 Å². The minimum absolute atomic E-state index is 0.00984. The second-order valence-electron chi connectivity index (χ2n) is 10.8. The van der Waals surface area contributed by atoms with Gasteiger partial charge in [0.1, 0.15) is 5.82 Å². The van der Waals surface area contributed by atoms with Crippen LogP contribution in [-0.4, -0.2) is 46.5 Å². The van der Waals surface area contributed by atoms with Crippen LogP contribution >= 0.6 is 0 Å². The van der Waals surface area contributed by atoms with Crippen molar-refractivity contribution in [1.29, 1.82) is 0 Å². The van der Waals surface area contributed by atoms with Crippen LogP contribution in [0.4, 0.5) is 0 Å². The molecule has 0 amide bonds. The maximum atomic E-state index is 13.6. The van der Waals surface area contributed by atoms with E-state index in [2.05, 4.69) is 23.2 Å². The van der Waals surface area contributed by atoms with Crippen molar-refractivity contribution in [3.05, 3.63) is 72.5 Å². The lowest BCUT2D eigenvalue weighted by Crippen LogP contribution is -2.35. The van der Waals surface area contributed by atoms with Crippen molar-refractivity contribution in [2.45, 2.75) is 74.5 Å². The molecule has 3 atom stereocenters. The van der Waals surface area contributed by atoms with Gasteiger partial charge in [-0.1, -0.05) is 37.1 Å². The van der Waals surface area contributed by atoms with E-state index in [0.717, 1.165) is 48.3 Å². The lowest BCUT2D eigenvalue weighted by molar-refractivity contribution is 0.450. The normalized spacial score (nSPS) is 22.2. The Morgan fingerprint density at radius 3 is 2.49 bits per heavy atom. The minimum atomic E-state index is -3.86. The highest BCUT2D eigenvalue weighted by atomic mass is 32.2. The summed E-state index contributed by atoms with van der Waals surface area (Å²) in [5.74, 6) is 1.07. The van der Waals surface area contributed by atoms with Crippen LogP contribution in [0.25, 0.3) is 16.7 Å². The zero-order valence-corrected chi connectivity index (χ0v) is 23.7. The first-order chi connectivity index (χ1) is 18.6. The number of aromatic nitrogens is 4. The Kier molecular flexibility index (Phi) is 6.43. The number of benzene rings is 1. The largest absolute Gasteiger partial charge is 0.291 e. The highest BCUT2D eigenvalue weighted by Gasteiger charge is 2.42. The number of allylic oxidation sites excluding steroid dienone is 1. The van der Waals surface area contributed by atoms with E-state index in [1.54, 1.807) is 48.8 Å². The van der Waals surface area contributed by atoms with Crippen molar-refractivity contribution in [1.82, 2.24) is 23.1 Å². The number of nitrogens with zero attached hydrogens (tertiary/aromatic N) is 4. The molecule has 2 fully saturated rings. The van der Waals surface area contributed by atoms with Crippen LogP contribution in [0.3, 0.4) is 0 Å². The highest BCUT2D eigenvalue weighted by molar-refractivity contribution is 7.90. The van der Waals surface area contributed by atoms with Gasteiger partial charge in [0.25, 0.3) is 10.0 Å². The molecule has 0 aliphatic heterocycles. The average molecular weight is 568 g/mol. The van der Waals surface area contributed by atoms with Gasteiger partial charge in [-0.15, -0.1) is 6.58 Å². The third kappa shape index (κ3) is 4.50. The lowest BCUT2D eigenvalue weighted by Gasteiger charge is -2.17. The Morgan fingerprint density at radius 2 is 1.82 bits per heavy atom. The van der Waals surface area contributed by atoms with Crippen LogP contribution in [0.5, 0.6) is 0 Å². The van der Waals surface area contributed by atoms with E-state index in [0.29, 0.717) is 24.0 Å². The van der Waals surface area contributed by atoms with Crippen molar-refractivity contribution >= 4 is 36.7 Å². The van der Waals surface area contributed by atoms with Gasteiger partial charge in [-0.3, -0.25) is 4.40 Å². The first kappa shape index (κ1) is 26.2. The molecule has 206 valence electrons. The monoisotopic (exact) mass is 567 g/mol. The molecule has 3 aromatic heterocycles. The fourth-order valence-corrected chi connectivity index (χ4v) is 8.85. The predicted octanol–water partition coefficient (Wildman–Crippen LogP) is 4.31. The molecule has 6 rings (SSSR count). The summed E-state index contributed by atoms with van der Waals surface area (Å²) >= 11 is 0. The van der Waals surface area contributed by atoms with Crippen LogP contribution in [-0.2, 0) is 26.5 Å². The number of sulfonamides is 1. The zero-order chi connectivity index (χ0) is 27.5. The smallest absolute Gasteiger partial charge is 0.269 e. The Labute approximate surface area is 229 Å². The molecular formula is C28H33N5O4S2. The van der Waals surface area contributed by atoms with Gasteiger partial charge >= 0.3 is 0 Å². The topological polar surface area (TPSA) is 115 Å². The number of nitrogens with one attached hydrogen (secondary N) is 1. The maximum Gasteiger partial charge on any atom is 0.269 e. The summed E-state index contributed by atoms with van der Waals surface area (Å²) < 4.78 is 58.7. The third-order valence-corrected chi connectivity index (χ3v) is 11.8. The van der Waals surface area contributed by atoms with E-state index in [9.17, 15) is 16.8 Å². The summed E-state index contributed by atoms with van der Waals surface area (Å²) in [6.45, 7) is 7.92. The number of rotatable bonds is 9. The molecule has 11 heteroatoms. The fraction of sp³-hybridized carbons (Fsp3) is 0.429. The fourth-order valence-electron chi connectivity index (χ4n) is 5.95. The Morgan fingerprint density at radius 1 is 1.08 bits per heavy atom. The average Bonchev–Trinajstić information content (AvgIpc) is 3.42. The molecule has 0 unspecified atom stereocenters. The van der Waals surface area contributed by atoms with Crippen LogP contribution in [0, 0.1) is 12.8 Å². The van der Waals surface area contributed by atoms with E-state index in [1.165, 1.54) is 3.97 Å². The molecule has 9 nitrogen and oxygen atoms in total. The number of fused-ring (bicyclic) bond motifs is 3. The predicted molar refractivity (Wildman–Crippen MR) is 151 cm³/mol. The molecule has 4 aromatic rings. The molecular weight excluding hydrogens is 534 g/mol. The highest BCUT2D eigenvalue weighted by Crippen LogP contribution is 2.43. The van der Waals surface area contributed by atoms with Crippen molar-refractivity contribution in [3.63, 3.8) is 0 Å². The van der Waals surface area contributed by atoms with Crippen LogP contribution < -0.4 is 4.72 Å². The lowest BCUT2D eigenvalue weighted by atomic mass is 9.93. The van der Waals surface area contributed by atoms with Gasteiger partial charge in [0.15, 0.2) is 5.65 Å². The molecule has 2 saturated carbocycles. The Balaban J connectivity index is 1.47. The van der Waals surface area contributed by atoms with E-state index in [4.69, 9.17) is 4.98 Å². The number of imidazole rings is 1. The maximum absolute atomic E-state index is 13.6. The van der Waals surface area contributed by atoms with Crippen LogP contribution in [0.15, 0.2) is 60.3 Å². The summed E-state index contributed by atoms with van der Waals surface area (Å²) in [7, 11) is -7.16. The summed E-state index contributed by atoms with van der Waals surface area (Å²) in [5, 5.41) is -0.260. The Hall–Kier alpha value is -3.02. The quantitative estimate of drug-likeness (QED) is 0.301. The molecule has 1 N–H and O–H groups in total. The number of hydrogen-bond acceptors (Lipinski definition) is 6. The second-order valence-corrected chi connectivity index (χ2v) is 14.6. The molecule has 2 aliphatic carbocycles. The van der Waals surface area contributed by atoms with E-state index < -0.39 is 20.0 Å². The summed E-state index contributed by atoms with van der Waals surface area (Å²) in [5.41, 5.74) is 3.57. The summed E-state index contributed by atoms with van der Waals surface area (Å²) in [4.78, 5) is 9.82. The van der Waals surface area contributed by atoms with Crippen LogP contribution in [0.1, 0.15) is 62.0 Å². The first-order valence-electron chi connectivity index (χ1n) is 13.5. The van der Waals surface area contributed by atoms with Gasteiger partial charge in [0.2, 0.25) is 10.0 Å². The third-order valence-electron chi connectivity index (χ3n) is 8.13. The summed E-state index contributed by atoms with van der Waals surface area (Å²) in [6.07, 6.45) is 9.29. The number of aryl methyl sites for hydroxylation is 1. The van der Waals surface area contributed by atoms with E-state index in [-0.39, 0.29) is 28.0 Å². The molecule has 3 heterocycles. The van der Waals surface area contributed by atoms with Gasteiger partial charge < -0.3 is 0 Å². The molecule has 0 saturated heterocycles. The van der Waals surface area contributed by atoms with Gasteiger partial charge in [0.05, 0.1) is 33.1 Å².